The number of hydrogen-bond donors (Lipinski definition) is 1. The average Bonchev–Trinajstić information content (AvgIpc) is 2.44. The molecule has 0 aliphatic carbocycles. The van der Waals surface area contributed by atoms with Crippen LogP contribution in [0.4, 0.5) is 8.78 Å². The Balaban J connectivity index is 3.06. The molecule has 1 N–H and O–H groups in total. The van der Waals surface area contributed by atoms with Gasteiger partial charge >= 0.3 is 11.9 Å². The van der Waals surface area contributed by atoms with Crippen molar-refractivity contribution >= 4 is 17.0 Å². The minimum absolute atomic E-state index is 0.146. The van der Waals surface area contributed by atoms with Gasteiger partial charge in [-0.25, -0.2) is 13.7 Å². The molecule has 1 aromatic carbocycles. The third-order valence-electron chi connectivity index (χ3n) is 3.24. The lowest BCUT2D eigenvalue weighted by Gasteiger charge is -2.35. The summed E-state index contributed by atoms with van der Waals surface area (Å²) in [5.74, 6) is -5.41. The standard InChI is InChI=1S/C16H23F2NO3S/c1-6-22-14(20)16(17,18)13(15(3,4)5)19-23(21)12-9-7-11(2)8-10-12/h7-10,13,19H,6H2,1-5H3/t13-,23?/m0/s1. The number of esters is 1. The van der Waals surface area contributed by atoms with Crippen LogP contribution in [0.1, 0.15) is 33.3 Å². The molecule has 7 heteroatoms. The first-order chi connectivity index (χ1) is 10.5. The minimum atomic E-state index is -3.80. The number of alkyl halides is 2. The van der Waals surface area contributed by atoms with Crippen molar-refractivity contribution in [1.29, 1.82) is 0 Å². The van der Waals surface area contributed by atoms with Gasteiger partial charge < -0.3 is 4.74 Å². The number of halogens is 2. The van der Waals surface area contributed by atoms with E-state index >= 15 is 0 Å². The van der Waals surface area contributed by atoms with Crippen molar-refractivity contribution in [2.24, 2.45) is 5.41 Å². The molecule has 0 saturated heterocycles. The van der Waals surface area contributed by atoms with Crippen LogP contribution in [0.25, 0.3) is 0 Å². The van der Waals surface area contributed by atoms with Gasteiger partial charge in [0.1, 0.15) is 11.0 Å². The van der Waals surface area contributed by atoms with E-state index in [1.54, 1.807) is 45.0 Å². The van der Waals surface area contributed by atoms with Crippen LogP contribution >= 0.6 is 0 Å². The summed E-state index contributed by atoms with van der Waals surface area (Å²) in [5, 5.41) is 0. The molecule has 130 valence electrons. The third-order valence-corrected chi connectivity index (χ3v) is 4.39. The molecule has 0 bridgehead atoms. The summed E-state index contributed by atoms with van der Waals surface area (Å²) in [6.07, 6.45) is 0. The van der Waals surface area contributed by atoms with Gasteiger partial charge in [-0.15, -0.1) is 0 Å². The Bertz CT molecular complexity index is 568. The normalized spacial score (nSPS) is 15.1. The highest BCUT2D eigenvalue weighted by Crippen LogP contribution is 2.34. The number of hydrogen-bond acceptors (Lipinski definition) is 3. The van der Waals surface area contributed by atoms with Crippen molar-refractivity contribution in [3.05, 3.63) is 29.8 Å². The fraction of sp³-hybridized carbons (Fsp3) is 0.562. The molecular formula is C16H23F2NO3S. The van der Waals surface area contributed by atoms with Crippen LogP contribution in [-0.2, 0) is 20.5 Å². The third kappa shape index (κ3) is 5.07. The molecule has 0 aliphatic rings. The Morgan fingerprint density at radius 2 is 1.78 bits per heavy atom. The summed E-state index contributed by atoms with van der Waals surface area (Å²) in [5.41, 5.74) is -0.0497. The number of nitrogens with one attached hydrogen (secondary N) is 1. The van der Waals surface area contributed by atoms with Crippen molar-refractivity contribution in [2.75, 3.05) is 6.61 Å². The van der Waals surface area contributed by atoms with Crippen molar-refractivity contribution in [3.63, 3.8) is 0 Å². The summed E-state index contributed by atoms with van der Waals surface area (Å²) in [7, 11) is -1.87. The molecule has 0 saturated carbocycles. The first-order valence-electron chi connectivity index (χ1n) is 7.29. The number of rotatable bonds is 6. The Morgan fingerprint density at radius 1 is 1.26 bits per heavy atom. The minimum Gasteiger partial charge on any atom is -0.462 e. The van der Waals surface area contributed by atoms with E-state index in [4.69, 9.17) is 0 Å². The molecule has 2 atom stereocenters. The highest BCUT2D eigenvalue weighted by atomic mass is 32.2. The highest BCUT2D eigenvalue weighted by Gasteiger charge is 2.54. The number of benzene rings is 1. The molecule has 23 heavy (non-hydrogen) atoms. The van der Waals surface area contributed by atoms with Crippen LogP contribution in [0.2, 0.25) is 0 Å². The lowest BCUT2D eigenvalue weighted by Crippen LogP contribution is -2.57. The van der Waals surface area contributed by atoms with E-state index in [-0.39, 0.29) is 6.61 Å². The first-order valence-corrected chi connectivity index (χ1v) is 8.44. The van der Waals surface area contributed by atoms with Gasteiger partial charge in [0.05, 0.1) is 17.5 Å². The second kappa shape index (κ2) is 7.49. The van der Waals surface area contributed by atoms with Crippen LogP contribution in [-0.4, -0.2) is 28.7 Å². The van der Waals surface area contributed by atoms with E-state index in [2.05, 4.69) is 9.46 Å². The largest absolute Gasteiger partial charge is 0.462 e. The van der Waals surface area contributed by atoms with Crippen LogP contribution in [0.3, 0.4) is 0 Å². The number of carbonyl (C=O) groups is 1. The van der Waals surface area contributed by atoms with E-state index in [9.17, 15) is 17.8 Å². The van der Waals surface area contributed by atoms with Gasteiger partial charge in [-0.2, -0.15) is 8.78 Å². The van der Waals surface area contributed by atoms with Gasteiger partial charge in [0.15, 0.2) is 0 Å². The second-order valence-corrected chi connectivity index (χ2v) is 7.59. The van der Waals surface area contributed by atoms with Gasteiger partial charge in [0.25, 0.3) is 0 Å². The van der Waals surface area contributed by atoms with Crippen LogP contribution in [0.15, 0.2) is 29.2 Å². The Morgan fingerprint density at radius 3 is 2.22 bits per heavy atom. The fourth-order valence-corrected chi connectivity index (χ4v) is 3.21. The lowest BCUT2D eigenvalue weighted by atomic mass is 9.83. The van der Waals surface area contributed by atoms with Crippen LogP contribution < -0.4 is 4.72 Å². The number of ether oxygens (including phenoxy) is 1. The molecule has 0 fully saturated rings. The molecule has 0 aromatic heterocycles. The van der Waals surface area contributed by atoms with E-state index in [1.165, 1.54) is 6.92 Å². The molecule has 0 spiro atoms. The van der Waals surface area contributed by atoms with Crippen molar-refractivity contribution in [3.8, 4) is 0 Å². The molecule has 4 nitrogen and oxygen atoms in total. The first kappa shape index (κ1) is 19.7. The van der Waals surface area contributed by atoms with E-state index in [1.807, 2.05) is 6.92 Å². The summed E-state index contributed by atoms with van der Waals surface area (Å²) >= 11 is 0. The van der Waals surface area contributed by atoms with Gasteiger partial charge in [-0.05, 0) is 31.4 Å². The van der Waals surface area contributed by atoms with Crippen molar-refractivity contribution in [2.45, 2.75) is 51.5 Å². The van der Waals surface area contributed by atoms with Gasteiger partial charge in [-0.1, -0.05) is 38.5 Å². The topological polar surface area (TPSA) is 55.4 Å². The predicted molar refractivity (Wildman–Crippen MR) is 85.5 cm³/mol. The molecule has 1 unspecified atom stereocenters. The zero-order chi connectivity index (χ0) is 17.8. The Labute approximate surface area is 138 Å². The van der Waals surface area contributed by atoms with E-state index < -0.39 is 34.3 Å². The number of aryl methyl sites for hydroxylation is 1. The van der Waals surface area contributed by atoms with Gasteiger partial charge in [-0.3, -0.25) is 0 Å². The van der Waals surface area contributed by atoms with Gasteiger partial charge in [0, 0.05) is 0 Å². The van der Waals surface area contributed by atoms with Crippen LogP contribution in [0.5, 0.6) is 0 Å². The lowest BCUT2D eigenvalue weighted by molar-refractivity contribution is -0.179. The maximum Gasteiger partial charge on any atom is 0.378 e. The Hall–Kier alpha value is -1.34. The summed E-state index contributed by atoms with van der Waals surface area (Å²) in [6.45, 7) is 7.82. The molecule has 0 radical (unpaired) electrons. The SMILES string of the molecule is CCOC(=O)C(F)(F)[C@@H](NS(=O)c1ccc(C)cc1)C(C)(C)C. The molecule has 0 amide bonds. The average molecular weight is 347 g/mol. The summed E-state index contributed by atoms with van der Waals surface area (Å²) in [4.78, 5) is 12.0. The zero-order valence-electron chi connectivity index (χ0n) is 14.0. The number of carbonyl (C=O) groups excluding carboxylic acids is 1. The van der Waals surface area contributed by atoms with Crippen LogP contribution in [0, 0.1) is 12.3 Å². The highest BCUT2D eigenvalue weighted by molar-refractivity contribution is 7.83. The maximum atomic E-state index is 14.4. The Kier molecular flexibility index (Phi) is 6.41. The molecule has 0 aliphatic heterocycles. The summed E-state index contributed by atoms with van der Waals surface area (Å²) < 4.78 is 48.1. The second-order valence-electron chi connectivity index (χ2n) is 6.34. The quantitative estimate of drug-likeness (QED) is 0.804. The van der Waals surface area contributed by atoms with Crippen molar-refractivity contribution < 1.29 is 22.5 Å². The van der Waals surface area contributed by atoms with Crippen molar-refractivity contribution in [1.82, 2.24) is 4.72 Å². The smallest absolute Gasteiger partial charge is 0.378 e. The molecular weight excluding hydrogens is 324 g/mol. The molecule has 1 rings (SSSR count). The van der Waals surface area contributed by atoms with E-state index in [0.717, 1.165) is 5.56 Å². The molecule has 0 heterocycles. The predicted octanol–water partition coefficient (Wildman–Crippen LogP) is 3.22. The molecule has 1 aromatic rings. The maximum absolute atomic E-state index is 14.4. The monoisotopic (exact) mass is 347 g/mol. The van der Waals surface area contributed by atoms with E-state index in [0.29, 0.717) is 4.90 Å². The zero-order valence-corrected chi connectivity index (χ0v) is 14.8. The van der Waals surface area contributed by atoms with Gasteiger partial charge in [0.2, 0.25) is 0 Å². The fourth-order valence-electron chi connectivity index (χ4n) is 1.98. The summed E-state index contributed by atoms with van der Waals surface area (Å²) in [6, 6.07) is 5.03.